The Bertz CT molecular complexity index is 631. The fourth-order valence-electron chi connectivity index (χ4n) is 1.62. The zero-order valence-electron chi connectivity index (χ0n) is 9.78. The summed E-state index contributed by atoms with van der Waals surface area (Å²) in [6, 6.07) is 1.63. The minimum Gasteiger partial charge on any atom is -0.492 e. The molecular formula is C12H13N3O2. The molecule has 0 spiro atoms. The third-order valence-electron chi connectivity index (χ3n) is 2.33. The van der Waals surface area contributed by atoms with Crippen molar-refractivity contribution >= 4 is 16.7 Å². The minimum atomic E-state index is -0.180. The van der Waals surface area contributed by atoms with E-state index in [0.717, 1.165) is 0 Å². The number of nitrogens with one attached hydrogen (secondary N) is 1. The van der Waals surface area contributed by atoms with E-state index in [2.05, 4.69) is 21.5 Å². The highest BCUT2D eigenvalue weighted by Crippen LogP contribution is 2.18. The Morgan fingerprint density at radius 1 is 1.59 bits per heavy atom. The summed E-state index contributed by atoms with van der Waals surface area (Å²) in [5, 5.41) is 0.487. The van der Waals surface area contributed by atoms with E-state index in [-0.39, 0.29) is 5.56 Å². The van der Waals surface area contributed by atoms with Gasteiger partial charge < -0.3 is 9.72 Å². The van der Waals surface area contributed by atoms with Crippen molar-refractivity contribution in [3.8, 4) is 0 Å². The van der Waals surface area contributed by atoms with E-state index in [9.17, 15) is 4.79 Å². The Labute approximate surface area is 98.2 Å². The minimum absolute atomic E-state index is 0.180. The van der Waals surface area contributed by atoms with Crippen LogP contribution in [0.15, 0.2) is 23.6 Å². The van der Waals surface area contributed by atoms with Crippen molar-refractivity contribution in [2.75, 3.05) is 6.61 Å². The van der Waals surface area contributed by atoms with E-state index in [4.69, 9.17) is 4.74 Å². The summed E-state index contributed by atoms with van der Waals surface area (Å²) in [5.74, 6) is 0.969. The molecular weight excluding hydrogens is 218 g/mol. The molecule has 5 nitrogen and oxygen atoms in total. The zero-order chi connectivity index (χ0) is 12.4. The first kappa shape index (κ1) is 11.3. The van der Waals surface area contributed by atoms with Crippen molar-refractivity contribution < 1.29 is 4.74 Å². The molecule has 0 radical (unpaired) electrons. The normalized spacial score (nSPS) is 10.5. The lowest BCUT2D eigenvalue weighted by Gasteiger charge is -2.08. The summed E-state index contributed by atoms with van der Waals surface area (Å²) in [6.45, 7) is 7.87. The molecule has 2 aromatic rings. The zero-order valence-corrected chi connectivity index (χ0v) is 9.78. The van der Waals surface area contributed by atoms with Crippen molar-refractivity contribution in [2.24, 2.45) is 0 Å². The van der Waals surface area contributed by atoms with Gasteiger partial charge in [-0.25, -0.2) is 4.98 Å². The number of hydrogen-bond acceptors (Lipinski definition) is 4. The number of rotatable bonds is 3. The van der Waals surface area contributed by atoms with E-state index in [1.165, 1.54) is 0 Å². The van der Waals surface area contributed by atoms with E-state index < -0.39 is 0 Å². The third kappa shape index (κ3) is 2.04. The van der Waals surface area contributed by atoms with Crippen LogP contribution in [0.3, 0.4) is 0 Å². The first-order chi connectivity index (χ1) is 8.13. The Hall–Kier alpha value is -2.17. The lowest BCUT2D eigenvalue weighted by molar-refractivity contribution is 0.298. The molecule has 17 heavy (non-hydrogen) atoms. The quantitative estimate of drug-likeness (QED) is 0.815. The van der Waals surface area contributed by atoms with Crippen LogP contribution in [0, 0.1) is 6.92 Å². The standard InChI is InChI=1S/C12H13N3O2/c1-4-17-7(2)10-11-9(5-6-13-10)12(16)15-8(3)14-11/h5-6H,2,4H2,1,3H3,(H,14,15,16). The second-order valence-electron chi connectivity index (χ2n) is 3.56. The highest BCUT2D eigenvalue weighted by atomic mass is 16.5. The first-order valence-electron chi connectivity index (χ1n) is 5.31. The predicted molar refractivity (Wildman–Crippen MR) is 65.6 cm³/mol. The van der Waals surface area contributed by atoms with Crippen LogP contribution in [0.4, 0.5) is 0 Å². The number of fused-ring (bicyclic) bond motifs is 1. The summed E-state index contributed by atoms with van der Waals surface area (Å²) >= 11 is 0. The van der Waals surface area contributed by atoms with Gasteiger partial charge in [0, 0.05) is 6.20 Å². The van der Waals surface area contributed by atoms with Crippen molar-refractivity contribution in [2.45, 2.75) is 13.8 Å². The molecule has 0 bridgehead atoms. The molecule has 0 aliphatic heterocycles. The SMILES string of the molecule is C=C(OCC)c1nccc2c(=O)[nH]c(C)nc12. The predicted octanol–water partition coefficient (Wildman–Crippen LogP) is 1.63. The van der Waals surface area contributed by atoms with Gasteiger partial charge in [0.15, 0.2) is 0 Å². The van der Waals surface area contributed by atoms with Crippen LogP contribution >= 0.6 is 0 Å². The third-order valence-corrected chi connectivity index (χ3v) is 2.33. The van der Waals surface area contributed by atoms with Crippen molar-refractivity contribution in [1.82, 2.24) is 15.0 Å². The van der Waals surface area contributed by atoms with Crippen LogP contribution in [0.25, 0.3) is 16.7 Å². The van der Waals surface area contributed by atoms with Gasteiger partial charge in [-0.15, -0.1) is 0 Å². The molecule has 5 heteroatoms. The van der Waals surface area contributed by atoms with Crippen LogP contribution in [0.5, 0.6) is 0 Å². The van der Waals surface area contributed by atoms with Gasteiger partial charge in [-0.05, 0) is 19.9 Å². The molecule has 88 valence electrons. The second-order valence-corrected chi connectivity index (χ2v) is 3.56. The van der Waals surface area contributed by atoms with E-state index in [0.29, 0.717) is 34.8 Å². The molecule has 0 amide bonds. The van der Waals surface area contributed by atoms with Gasteiger partial charge in [-0.1, -0.05) is 6.58 Å². The molecule has 0 saturated carbocycles. The molecule has 0 atom stereocenters. The maximum atomic E-state index is 11.7. The topological polar surface area (TPSA) is 67.9 Å². The van der Waals surface area contributed by atoms with Gasteiger partial charge in [0.1, 0.15) is 22.8 Å². The highest BCUT2D eigenvalue weighted by molar-refractivity contribution is 5.86. The fourth-order valence-corrected chi connectivity index (χ4v) is 1.62. The Balaban J connectivity index is 2.73. The fraction of sp³-hybridized carbons (Fsp3) is 0.250. The molecule has 0 saturated heterocycles. The van der Waals surface area contributed by atoms with Gasteiger partial charge in [0.2, 0.25) is 0 Å². The summed E-state index contributed by atoms with van der Waals surface area (Å²) in [5.41, 5.74) is 0.853. The Morgan fingerprint density at radius 3 is 3.06 bits per heavy atom. The number of ether oxygens (including phenoxy) is 1. The number of aryl methyl sites for hydroxylation is 1. The molecule has 2 heterocycles. The van der Waals surface area contributed by atoms with Crippen LogP contribution in [0.2, 0.25) is 0 Å². The molecule has 0 aromatic carbocycles. The number of nitrogens with zero attached hydrogens (tertiary/aromatic N) is 2. The van der Waals surface area contributed by atoms with Crippen LogP contribution < -0.4 is 5.56 Å². The van der Waals surface area contributed by atoms with Gasteiger partial charge in [0.05, 0.1) is 12.0 Å². The second kappa shape index (κ2) is 4.37. The number of aromatic amines is 1. The largest absolute Gasteiger partial charge is 0.492 e. The average Bonchev–Trinajstić information content (AvgIpc) is 2.28. The number of H-pyrrole nitrogens is 1. The maximum absolute atomic E-state index is 11.7. The van der Waals surface area contributed by atoms with Gasteiger partial charge >= 0.3 is 0 Å². The average molecular weight is 231 g/mol. The lowest BCUT2D eigenvalue weighted by atomic mass is 10.2. The molecule has 0 unspecified atom stereocenters. The van der Waals surface area contributed by atoms with Gasteiger partial charge in [-0.2, -0.15) is 0 Å². The molecule has 2 rings (SSSR count). The number of pyridine rings is 1. The Morgan fingerprint density at radius 2 is 2.35 bits per heavy atom. The smallest absolute Gasteiger partial charge is 0.258 e. The summed E-state index contributed by atoms with van der Waals surface area (Å²) < 4.78 is 5.31. The molecule has 0 aliphatic carbocycles. The molecule has 0 aliphatic rings. The van der Waals surface area contributed by atoms with Gasteiger partial charge in [-0.3, -0.25) is 9.78 Å². The van der Waals surface area contributed by atoms with Gasteiger partial charge in [0.25, 0.3) is 5.56 Å². The highest BCUT2D eigenvalue weighted by Gasteiger charge is 2.11. The first-order valence-corrected chi connectivity index (χ1v) is 5.31. The molecule has 0 fully saturated rings. The maximum Gasteiger partial charge on any atom is 0.258 e. The number of hydrogen-bond donors (Lipinski definition) is 1. The molecule has 2 aromatic heterocycles. The monoisotopic (exact) mass is 231 g/mol. The van der Waals surface area contributed by atoms with Crippen LogP contribution in [-0.2, 0) is 4.74 Å². The Kier molecular flexibility index (Phi) is 2.91. The molecule has 1 N–H and O–H groups in total. The number of aromatic nitrogens is 3. The van der Waals surface area contributed by atoms with Crippen LogP contribution in [-0.4, -0.2) is 21.6 Å². The summed E-state index contributed by atoms with van der Waals surface area (Å²) in [7, 11) is 0. The summed E-state index contributed by atoms with van der Waals surface area (Å²) in [4.78, 5) is 22.8. The van der Waals surface area contributed by atoms with Crippen molar-refractivity contribution in [3.05, 3.63) is 40.7 Å². The van der Waals surface area contributed by atoms with E-state index >= 15 is 0 Å². The van der Waals surface area contributed by atoms with Crippen LogP contribution in [0.1, 0.15) is 18.4 Å². The lowest BCUT2D eigenvalue weighted by Crippen LogP contribution is -2.11. The van der Waals surface area contributed by atoms with E-state index in [1.807, 2.05) is 6.92 Å². The van der Waals surface area contributed by atoms with Crippen molar-refractivity contribution in [1.29, 1.82) is 0 Å². The van der Waals surface area contributed by atoms with Crippen molar-refractivity contribution in [3.63, 3.8) is 0 Å². The summed E-state index contributed by atoms with van der Waals surface area (Å²) in [6.07, 6.45) is 1.55. The van der Waals surface area contributed by atoms with E-state index in [1.54, 1.807) is 19.2 Å².